The molecule has 0 aromatic heterocycles. The van der Waals surface area contributed by atoms with Gasteiger partial charge >= 0.3 is 15.6 Å². The van der Waals surface area contributed by atoms with E-state index in [1.54, 1.807) is 0 Å². The van der Waals surface area contributed by atoms with Crippen molar-refractivity contribution in [1.29, 1.82) is 0 Å². The molecule has 4 nitrogen and oxygen atoms in total. The largest absolute Gasteiger partial charge is 0.534 e. The minimum absolute atomic E-state index is 0.0382. The van der Waals surface area contributed by atoms with E-state index in [4.69, 9.17) is 4.74 Å². The van der Waals surface area contributed by atoms with Crippen LogP contribution in [0, 0.1) is 0 Å². The highest BCUT2D eigenvalue weighted by Gasteiger charge is 2.48. The first-order chi connectivity index (χ1) is 8.78. The van der Waals surface area contributed by atoms with E-state index in [0.717, 1.165) is 12.5 Å². The smallest absolute Gasteiger partial charge is 0.490 e. The van der Waals surface area contributed by atoms with Crippen LogP contribution in [0.5, 0.6) is 11.5 Å². The van der Waals surface area contributed by atoms with Crippen molar-refractivity contribution in [2.75, 3.05) is 6.61 Å². The number of para-hydroxylation sites is 2. The van der Waals surface area contributed by atoms with Gasteiger partial charge in [0.2, 0.25) is 0 Å². The molecule has 108 valence electrons. The minimum atomic E-state index is -5.68. The molecule has 0 aliphatic rings. The third-order valence-corrected chi connectivity index (χ3v) is 3.05. The highest BCUT2D eigenvalue weighted by Crippen LogP contribution is 2.32. The highest BCUT2D eigenvalue weighted by atomic mass is 32.2. The van der Waals surface area contributed by atoms with Crippen molar-refractivity contribution < 1.29 is 30.5 Å². The lowest BCUT2D eigenvalue weighted by Gasteiger charge is -2.13. The van der Waals surface area contributed by atoms with Crippen molar-refractivity contribution in [3.05, 3.63) is 24.3 Å². The molecule has 0 fully saturated rings. The van der Waals surface area contributed by atoms with Crippen molar-refractivity contribution in [2.24, 2.45) is 0 Å². The van der Waals surface area contributed by atoms with E-state index in [2.05, 4.69) is 4.18 Å². The van der Waals surface area contributed by atoms with E-state index in [0.29, 0.717) is 6.42 Å². The number of halogens is 3. The Morgan fingerprint density at radius 3 is 2.26 bits per heavy atom. The van der Waals surface area contributed by atoms with E-state index in [1.807, 2.05) is 6.92 Å². The Morgan fingerprint density at radius 1 is 1.16 bits per heavy atom. The summed E-state index contributed by atoms with van der Waals surface area (Å²) in [7, 11) is -5.68. The fraction of sp³-hybridized carbons (Fsp3) is 0.455. The van der Waals surface area contributed by atoms with Gasteiger partial charge in [-0.1, -0.05) is 25.5 Å². The lowest BCUT2D eigenvalue weighted by molar-refractivity contribution is -0.0500. The van der Waals surface area contributed by atoms with Crippen molar-refractivity contribution in [3.8, 4) is 11.5 Å². The van der Waals surface area contributed by atoms with Gasteiger partial charge < -0.3 is 8.92 Å². The molecule has 8 heteroatoms. The predicted octanol–water partition coefficient (Wildman–Crippen LogP) is 3.09. The number of ether oxygens (including phenoxy) is 1. The molecule has 0 unspecified atom stereocenters. The van der Waals surface area contributed by atoms with Gasteiger partial charge in [0.15, 0.2) is 11.5 Å². The molecule has 1 aromatic carbocycles. The molecule has 0 aliphatic heterocycles. The average Bonchev–Trinajstić information content (AvgIpc) is 2.30. The van der Waals surface area contributed by atoms with E-state index in [9.17, 15) is 21.6 Å². The summed E-state index contributed by atoms with van der Waals surface area (Å²) in [6.07, 6.45) is 1.53. The summed E-state index contributed by atoms with van der Waals surface area (Å²) in [6.45, 7) is 2.18. The molecule has 0 saturated carbocycles. The molecule has 1 rings (SSSR count). The SMILES string of the molecule is CCCCOc1ccccc1OS(=O)(=O)C(F)(F)F. The van der Waals surface area contributed by atoms with Gasteiger partial charge in [-0.05, 0) is 18.6 Å². The lowest BCUT2D eigenvalue weighted by atomic mass is 10.3. The number of alkyl halides is 3. The van der Waals surface area contributed by atoms with E-state index < -0.39 is 21.4 Å². The molecular formula is C11H13F3O4S. The molecule has 0 N–H and O–H groups in total. The van der Waals surface area contributed by atoms with Crippen molar-refractivity contribution in [3.63, 3.8) is 0 Å². The monoisotopic (exact) mass is 298 g/mol. The number of benzene rings is 1. The van der Waals surface area contributed by atoms with Gasteiger partial charge in [-0.15, -0.1) is 0 Å². The van der Waals surface area contributed by atoms with Crippen LogP contribution in [-0.2, 0) is 10.1 Å². The maximum atomic E-state index is 12.2. The molecule has 1 aromatic rings. The zero-order valence-electron chi connectivity index (χ0n) is 10.1. The van der Waals surface area contributed by atoms with Crippen molar-refractivity contribution in [2.45, 2.75) is 25.3 Å². The first-order valence-electron chi connectivity index (χ1n) is 5.50. The predicted molar refractivity (Wildman–Crippen MR) is 62.4 cm³/mol. The first-order valence-corrected chi connectivity index (χ1v) is 6.91. The van der Waals surface area contributed by atoms with E-state index in [1.165, 1.54) is 18.2 Å². The lowest BCUT2D eigenvalue weighted by Crippen LogP contribution is -2.28. The van der Waals surface area contributed by atoms with Gasteiger partial charge in [-0.3, -0.25) is 0 Å². The number of hydrogen-bond donors (Lipinski definition) is 0. The molecule has 0 atom stereocenters. The Hall–Kier alpha value is -1.44. The molecule has 0 spiro atoms. The fourth-order valence-corrected chi connectivity index (χ4v) is 1.60. The summed E-state index contributed by atoms with van der Waals surface area (Å²) in [6, 6.07) is 5.31. The summed E-state index contributed by atoms with van der Waals surface area (Å²) >= 11 is 0. The van der Waals surface area contributed by atoms with Gasteiger partial charge in [0.25, 0.3) is 0 Å². The van der Waals surface area contributed by atoms with Crippen LogP contribution in [0.2, 0.25) is 0 Å². The van der Waals surface area contributed by atoms with Gasteiger partial charge in [0, 0.05) is 0 Å². The van der Waals surface area contributed by atoms with Crippen LogP contribution < -0.4 is 8.92 Å². The van der Waals surface area contributed by atoms with Crippen LogP contribution >= 0.6 is 0 Å². The zero-order chi connectivity index (χ0) is 14.5. The first kappa shape index (κ1) is 15.6. The molecule has 0 bridgehead atoms. The summed E-state index contributed by atoms with van der Waals surface area (Å²) < 4.78 is 67.6. The van der Waals surface area contributed by atoms with Crippen LogP contribution in [0.15, 0.2) is 24.3 Å². The fourth-order valence-electron chi connectivity index (χ4n) is 1.13. The van der Waals surface area contributed by atoms with Gasteiger partial charge in [-0.2, -0.15) is 21.6 Å². The molecule has 0 heterocycles. The standard InChI is InChI=1S/C11H13F3O4S/c1-2-3-8-17-9-6-4-5-7-10(9)18-19(15,16)11(12,13)14/h4-7H,2-3,8H2,1H3. The van der Waals surface area contributed by atoms with Gasteiger partial charge in [0.1, 0.15) is 0 Å². The second kappa shape index (κ2) is 6.14. The topological polar surface area (TPSA) is 52.6 Å². The second-order valence-corrected chi connectivity index (χ2v) is 5.17. The highest BCUT2D eigenvalue weighted by molar-refractivity contribution is 7.88. The summed E-state index contributed by atoms with van der Waals surface area (Å²) in [4.78, 5) is 0. The number of unbranched alkanes of at least 4 members (excludes halogenated alkanes) is 1. The van der Waals surface area contributed by atoms with Crippen LogP contribution in [0.3, 0.4) is 0 Å². The maximum Gasteiger partial charge on any atom is 0.534 e. The summed E-state index contributed by atoms with van der Waals surface area (Å²) in [5, 5.41) is 0. The molecular weight excluding hydrogens is 285 g/mol. The third kappa shape index (κ3) is 4.30. The molecule has 0 radical (unpaired) electrons. The maximum absolute atomic E-state index is 12.2. The molecule has 0 aliphatic carbocycles. The Kier molecular flexibility index (Phi) is 5.04. The normalized spacial score (nSPS) is 12.2. The minimum Gasteiger partial charge on any atom is -0.490 e. The van der Waals surface area contributed by atoms with Crippen LogP contribution in [0.1, 0.15) is 19.8 Å². The zero-order valence-corrected chi connectivity index (χ0v) is 10.9. The Labute approximate surface area is 109 Å². The Bertz CT molecular complexity index is 511. The van der Waals surface area contributed by atoms with Crippen LogP contribution in [-0.4, -0.2) is 20.5 Å². The molecule has 0 amide bonds. The second-order valence-electron chi connectivity index (χ2n) is 3.63. The molecule has 19 heavy (non-hydrogen) atoms. The van der Waals surface area contributed by atoms with E-state index >= 15 is 0 Å². The van der Waals surface area contributed by atoms with Gasteiger partial charge in [-0.25, -0.2) is 0 Å². The Morgan fingerprint density at radius 2 is 1.74 bits per heavy atom. The Balaban J connectivity index is 2.90. The van der Waals surface area contributed by atoms with Gasteiger partial charge in [0.05, 0.1) is 6.61 Å². The van der Waals surface area contributed by atoms with Crippen molar-refractivity contribution >= 4 is 10.1 Å². The number of rotatable bonds is 6. The van der Waals surface area contributed by atoms with Crippen LogP contribution in [0.25, 0.3) is 0 Å². The summed E-state index contributed by atoms with van der Waals surface area (Å²) in [5.74, 6) is -0.514. The van der Waals surface area contributed by atoms with Crippen LogP contribution in [0.4, 0.5) is 13.2 Å². The quantitative estimate of drug-likeness (QED) is 0.460. The third-order valence-electron chi connectivity index (χ3n) is 2.09. The number of hydrogen-bond acceptors (Lipinski definition) is 4. The van der Waals surface area contributed by atoms with E-state index in [-0.39, 0.29) is 12.4 Å². The molecule has 0 saturated heterocycles. The summed E-state index contributed by atoms with van der Waals surface area (Å²) in [5.41, 5.74) is -5.47. The van der Waals surface area contributed by atoms with Crippen molar-refractivity contribution in [1.82, 2.24) is 0 Å². The average molecular weight is 298 g/mol.